The highest BCUT2D eigenvalue weighted by molar-refractivity contribution is 6.09. The number of hydrogen-bond acceptors (Lipinski definition) is 5. The fourth-order valence-electron chi connectivity index (χ4n) is 2.73. The number of carbonyl (C=O) groups is 2. The minimum Gasteiger partial charge on any atom is -0.469 e. The molecule has 27 heavy (non-hydrogen) atoms. The second-order valence-electron chi connectivity index (χ2n) is 5.89. The predicted octanol–water partition coefficient (Wildman–Crippen LogP) is 2.99. The van der Waals surface area contributed by atoms with Gasteiger partial charge in [0.1, 0.15) is 6.42 Å². The van der Waals surface area contributed by atoms with Gasteiger partial charge in [0.2, 0.25) is 5.91 Å². The summed E-state index contributed by atoms with van der Waals surface area (Å²) >= 11 is 0. The molecule has 7 heteroatoms. The zero-order valence-corrected chi connectivity index (χ0v) is 15.1. The fraction of sp³-hybridized carbons (Fsp3) is 0.150. The van der Waals surface area contributed by atoms with Gasteiger partial charge in [-0.05, 0) is 31.2 Å². The number of ether oxygens (including phenoxy) is 1. The van der Waals surface area contributed by atoms with E-state index < -0.39 is 18.3 Å². The highest BCUT2D eigenvalue weighted by Gasteiger charge is 2.28. The maximum absolute atomic E-state index is 13.0. The number of nitrogens with two attached hydrogens (primary N) is 1. The molecule has 0 bridgehead atoms. The zero-order valence-electron chi connectivity index (χ0n) is 15.1. The second-order valence-corrected chi connectivity index (χ2v) is 5.89. The number of rotatable bonds is 5. The third kappa shape index (κ3) is 3.67. The molecule has 0 atom stereocenters. The van der Waals surface area contributed by atoms with Crippen molar-refractivity contribution in [3.05, 3.63) is 66.4 Å². The molecule has 1 heterocycles. The van der Waals surface area contributed by atoms with E-state index in [1.54, 1.807) is 35.9 Å². The van der Waals surface area contributed by atoms with Crippen LogP contribution in [0.2, 0.25) is 0 Å². The summed E-state index contributed by atoms with van der Waals surface area (Å²) in [6.45, 7) is 1.77. The Morgan fingerprint density at radius 2 is 1.67 bits per heavy atom. The number of amides is 1. The largest absolute Gasteiger partial charge is 0.469 e. The number of benzene rings is 2. The minimum absolute atomic E-state index is 0.362. The Kier molecular flexibility index (Phi) is 5.21. The van der Waals surface area contributed by atoms with E-state index in [4.69, 9.17) is 5.73 Å². The van der Waals surface area contributed by atoms with E-state index in [9.17, 15) is 9.59 Å². The summed E-state index contributed by atoms with van der Waals surface area (Å²) in [5.41, 5.74) is 8.56. The summed E-state index contributed by atoms with van der Waals surface area (Å²) in [7, 11) is 1.25. The van der Waals surface area contributed by atoms with Gasteiger partial charge in [-0.3, -0.25) is 14.5 Å². The molecule has 2 N–H and O–H groups in total. The quantitative estimate of drug-likeness (QED) is 0.555. The number of methoxy groups -OCH3 is 1. The molecule has 0 spiro atoms. The van der Waals surface area contributed by atoms with Crippen LogP contribution in [0.4, 0.5) is 17.2 Å². The topological polar surface area (TPSA) is 90.5 Å². The van der Waals surface area contributed by atoms with Crippen LogP contribution in [0, 0.1) is 6.92 Å². The fourth-order valence-corrected chi connectivity index (χ4v) is 2.73. The maximum Gasteiger partial charge on any atom is 0.315 e. The Hall–Kier alpha value is -3.61. The Morgan fingerprint density at radius 1 is 1.07 bits per heavy atom. The molecular formula is C20H20N4O3. The molecule has 3 rings (SSSR count). The van der Waals surface area contributed by atoms with Gasteiger partial charge in [-0.1, -0.05) is 36.4 Å². The molecule has 0 unspecified atom stereocenters. The Labute approximate surface area is 157 Å². The van der Waals surface area contributed by atoms with Gasteiger partial charge in [0.05, 0.1) is 29.9 Å². The number of carbonyl (C=O) groups excluding carboxylic acids is 2. The summed E-state index contributed by atoms with van der Waals surface area (Å²) < 4.78 is 6.26. The maximum atomic E-state index is 13.0. The van der Waals surface area contributed by atoms with Gasteiger partial charge >= 0.3 is 5.97 Å². The first-order valence-corrected chi connectivity index (χ1v) is 8.38. The molecule has 0 fully saturated rings. The number of esters is 1. The van der Waals surface area contributed by atoms with E-state index in [0.717, 1.165) is 5.69 Å². The van der Waals surface area contributed by atoms with Gasteiger partial charge in [0.25, 0.3) is 0 Å². The number of para-hydroxylation sites is 2. The van der Waals surface area contributed by atoms with Crippen LogP contribution in [0.5, 0.6) is 0 Å². The third-order valence-corrected chi connectivity index (χ3v) is 4.08. The molecule has 3 aromatic rings. The van der Waals surface area contributed by atoms with Crippen LogP contribution in [-0.4, -0.2) is 28.8 Å². The highest BCUT2D eigenvalue weighted by atomic mass is 16.5. The first kappa shape index (κ1) is 18.2. The van der Waals surface area contributed by atoms with Gasteiger partial charge in [-0.25, -0.2) is 4.68 Å². The van der Waals surface area contributed by atoms with Crippen LogP contribution in [0.1, 0.15) is 12.1 Å². The van der Waals surface area contributed by atoms with E-state index in [1.165, 1.54) is 12.0 Å². The van der Waals surface area contributed by atoms with Crippen molar-refractivity contribution in [2.75, 3.05) is 17.7 Å². The number of anilines is 3. The van der Waals surface area contributed by atoms with Crippen molar-refractivity contribution < 1.29 is 14.3 Å². The first-order chi connectivity index (χ1) is 13.0. The molecule has 1 amide bonds. The third-order valence-electron chi connectivity index (χ3n) is 4.08. The molecule has 0 aliphatic rings. The van der Waals surface area contributed by atoms with Crippen molar-refractivity contribution in [3.63, 3.8) is 0 Å². The zero-order chi connectivity index (χ0) is 19.4. The van der Waals surface area contributed by atoms with E-state index >= 15 is 0 Å². The normalized spacial score (nSPS) is 10.4. The van der Waals surface area contributed by atoms with Crippen molar-refractivity contribution >= 4 is 29.1 Å². The molecule has 0 radical (unpaired) electrons. The summed E-state index contributed by atoms with van der Waals surface area (Å²) in [5.74, 6) is -0.697. The van der Waals surface area contributed by atoms with Gasteiger partial charge in [0, 0.05) is 0 Å². The first-order valence-electron chi connectivity index (χ1n) is 8.38. The molecular weight excluding hydrogens is 344 g/mol. The van der Waals surface area contributed by atoms with Gasteiger partial charge in [-0.2, -0.15) is 5.10 Å². The summed E-state index contributed by atoms with van der Waals surface area (Å²) in [6.07, 6.45) is -0.413. The van der Waals surface area contributed by atoms with Gasteiger partial charge < -0.3 is 10.5 Å². The molecule has 138 valence electrons. The Balaban J connectivity index is 2.18. The van der Waals surface area contributed by atoms with Crippen molar-refractivity contribution in [2.24, 2.45) is 0 Å². The molecule has 0 aliphatic heterocycles. The smallest absolute Gasteiger partial charge is 0.315 e. The monoisotopic (exact) mass is 364 g/mol. The van der Waals surface area contributed by atoms with Crippen LogP contribution in [0.25, 0.3) is 5.69 Å². The number of aryl methyl sites for hydroxylation is 1. The molecule has 7 nitrogen and oxygen atoms in total. The summed E-state index contributed by atoms with van der Waals surface area (Å²) in [4.78, 5) is 26.1. The average molecular weight is 364 g/mol. The number of hydrogen-bond donors (Lipinski definition) is 1. The van der Waals surface area contributed by atoms with Crippen LogP contribution < -0.4 is 10.6 Å². The van der Waals surface area contributed by atoms with Crippen molar-refractivity contribution in [1.82, 2.24) is 9.78 Å². The Bertz CT molecular complexity index is 952. The predicted molar refractivity (Wildman–Crippen MR) is 103 cm³/mol. The van der Waals surface area contributed by atoms with E-state index in [-0.39, 0.29) is 0 Å². The highest BCUT2D eigenvalue weighted by Crippen LogP contribution is 2.35. The van der Waals surface area contributed by atoms with Gasteiger partial charge in [-0.15, -0.1) is 0 Å². The van der Waals surface area contributed by atoms with E-state index in [0.29, 0.717) is 22.9 Å². The minimum atomic E-state index is -0.623. The Morgan fingerprint density at radius 3 is 2.26 bits per heavy atom. The van der Waals surface area contributed by atoms with Crippen LogP contribution >= 0.6 is 0 Å². The standard InChI is InChI=1S/C20H20N4O3/c1-14-19(21)20(24(22-14)16-11-7-4-8-12-16)23(15-9-5-3-6-10-15)17(25)13-18(26)27-2/h3-12H,13,21H2,1-2H3. The van der Waals surface area contributed by atoms with Gasteiger partial charge in [0.15, 0.2) is 5.82 Å². The van der Waals surface area contributed by atoms with Crippen molar-refractivity contribution in [1.29, 1.82) is 0 Å². The molecule has 0 saturated heterocycles. The second kappa shape index (κ2) is 7.74. The molecule has 1 aromatic heterocycles. The number of nitrogen functional groups attached to an aromatic ring is 1. The molecule has 2 aromatic carbocycles. The van der Waals surface area contributed by atoms with Crippen LogP contribution in [0.3, 0.4) is 0 Å². The molecule has 0 saturated carbocycles. The lowest BCUT2D eigenvalue weighted by atomic mass is 10.2. The SMILES string of the molecule is COC(=O)CC(=O)N(c1ccccc1)c1c(N)c(C)nn1-c1ccccc1. The average Bonchev–Trinajstić information content (AvgIpc) is 2.98. The van der Waals surface area contributed by atoms with Crippen LogP contribution in [0.15, 0.2) is 60.7 Å². The van der Waals surface area contributed by atoms with E-state index in [1.807, 2.05) is 36.4 Å². The summed E-state index contributed by atoms with van der Waals surface area (Å²) in [6, 6.07) is 18.4. The lowest BCUT2D eigenvalue weighted by Gasteiger charge is -2.24. The van der Waals surface area contributed by atoms with Crippen molar-refractivity contribution in [3.8, 4) is 5.69 Å². The summed E-state index contributed by atoms with van der Waals surface area (Å²) in [5, 5.41) is 4.49. The van der Waals surface area contributed by atoms with Crippen LogP contribution in [-0.2, 0) is 14.3 Å². The molecule has 0 aliphatic carbocycles. The lowest BCUT2D eigenvalue weighted by molar-refractivity contribution is -0.143. The number of nitrogens with zero attached hydrogens (tertiary/aromatic N) is 3. The lowest BCUT2D eigenvalue weighted by Crippen LogP contribution is -2.30. The van der Waals surface area contributed by atoms with Crippen molar-refractivity contribution in [2.45, 2.75) is 13.3 Å². The number of aromatic nitrogens is 2. The van der Waals surface area contributed by atoms with E-state index in [2.05, 4.69) is 9.84 Å².